The first-order chi connectivity index (χ1) is 12.2. The van der Waals surface area contributed by atoms with E-state index in [0.29, 0.717) is 44.4 Å². The van der Waals surface area contributed by atoms with Crippen LogP contribution in [-0.4, -0.2) is 64.3 Å². The van der Waals surface area contributed by atoms with Crippen LogP contribution in [-0.2, 0) is 17.7 Å². The van der Waals surface area contributed by atoms with Gasteiger partial charge in [0.1, 0.15) is 6.61 Å². The molecule has 2 aromatic rings. The summed E-state index contributed by atoms with van der Waals surface area (Å²) in [7, 11) is 0. The molecule has 4 heterocycles. The van der Waals surface area contributed by atoms with Gasteiger partial charge < -0.3 is 19.5 Å². The Morgan fingerprint density at radius 2 is 2.36 bits per heavy atom. The maximum atomic E-state index is 12.3. The standard InChI is InChI=1S/C15H17N5O4S/c21-14(19-3-4-20-10(8-19)9-23-15(20)22)16-7-13-17-12(18-24-13)6-11-2-1-5-25-11/h1-2,5,10H,3-4,6-9H2,(H,16,21)/t10-/m0/s1. The molecule has 2 saturated heterocycles. The number of fused-ring (bicyclic) bond motifs is 1. The highest BCUT2D eigenvalue weighted by Gasteiger charge is 2.38. The fourth-order valence-electron chi connectivity index (χ4n) is 2.94. The molecule has 2 aliphatic rings. The van der Waals surface area contributed by atoms with Crippen molar-refractivity contribution in [3.8, 4) is 0 Å². The second kappa shape index (κ2) is 6.71. The highest BCUT2D eigenvalue weighted by Crippen LogP contribution is 2.18. The third-order valence-electron chi connectivity index (χ3n) is 4.22. The molecule has 2 aliphatic heterocycles. The summed E-state index contributed by atoms with van der Waals surface area (Å²) in [4.78, 5) is 32.5. The molecule has 3 amide bonds. The van der Waals surface area contributed by atoms with Crippen LogP contribution in [0.25, 0.3) is 0 Å². The lowest BCUT2D eigenvalue weighted by molar-refractivity contribution is 0.126. The number of cyclic esters (lactones) is 1. The number of urea groups is 1. The zero-order valence-corrected chi connectivity index (χ0v) is 14.2. The molecule has 0 spiro atoms. The molecule has 0 radical (unpaired) electrons. The van der Waals surface area contributed by atoms with E-state index in [1.807, 2.05) is 17.5 Å². The predicted molar refractivity (Wildman–Crippen MR) is 87.1 cm³/mol. The van der Waals surface area contributed by atoms with E-state index >= 15 is 0 Å². The van der Waals surface area contributed by atoms with Gasteiger partial charge >= 0.3 is 12.1 Å². The number of piperazine rings is 1. The van der Waals surface area contributed by atoms with Crippen molar-refractivity contribution in [2.24, 2.45) is 0 Å². The van der Waals surface area contributed by atoms with Gasteiger partial charge in [-0.1, -0.05) is 11.2 Å². The van der Waals surface area contributed by atoms with Gasteiger partial charge in [-0.3, -0.25) is 4.90 Å². The number of rotatable bonds is 4. The highest BCUT2D eigenvalue weighted by molar-refractivity contribution is 7.09. The number of ether oxygens (including phenoxy) is 1. The van der Waals surface area contributed by atoms with Crippen LogP contribution in [0.2, 0.25) is 0 Å². The number of nitrogens with zero attached hydrogens (tertiary/aromatic N) is 4. The quantitative estimate of drug-likeness (QED) is 0.872. The van der Waals surface area contributed by atoms with E-state index in [-0.39, 0.29) is 24.7 Å². The zero-order valence-electron chi connectivity index (χ0n) is 13.4. The van der Waals surface area contributed by atoms with Gasteiger partial charge in [-0.25, -0.2) is 9.59 Å². The number of aromatic nitrogens is 2. The number of nitrogens with one attached hydrogen (secondary N) is 1. The van der Waals surface area contributed by atoms with E-state index in [9.17, 15) is 9.59 Å². The number of hydrogen-bond acceptors (Lipinski definition) is 7. The summed E-state index contributed by atoms with van der Waals surface area (Å²) < 4.78 is 10.2. The lowest BCUT2D eigenvalue weighted by Gasteiger charge is -2.35. The Labute approximate surface area is 147 Å². The van der Waals surface area contributed by atoms with Crippen LogP contribution < -0.4 is 5.32 Å². The molecule has 0 aliphatic carbocycles. The molecule has 4 rings (SSSR count). The molecule has 0 unspecified atom stereocenters. The molecule has 10 heteroatoms. The van der Waals surface area contributed by atoms with Gasteiger partial charge in [0.05, 0.1) is 12.6 Å². The molecular weight excluding hydrogens is 346 g/mol. The number of carbonyl (C=O) groups excluding carboxylic acids is 2. The fourth-order valence-corrected chi connectivity index (χ4v) is 3.64. The van der Waals surface area contributed by atoms with Crippen molar-refractivity contribution < 1.29 is 18.8 Å². The van der Waals surface area contributed by atoms with Crippen LogP contribution in [0.3, 0.4) is 0 Å². The maximum Gasteiger partial charge on any atom is 0.410 e. The van der Waals surface area contributed by atoms with Crippen LogP contribution in [0.4, 0.5) is 9.59 Å². The van der Waals surface area contributed by atoms with Gasteiger partial charge in [0.25, 0.3) is 0 Å². The zero-order chi connectivity index (χ0) is 17.2. The summed E-state index contributed by atoms with van der Waals surface area (Å²) in [5, 5.41) is 8.71. The Bertz CT molecular complexity index is 762. The summed E-state index contributed by atoms with van der Waals surface area (Å²) >= 11 is 1.64. The minimum atomic E-state index is -0.297. The van der Waals surface area contributed by atoms with Gasteiger partial charge in [0.15, 0.2) is 5.82 Å². The molecule has 25 heavy (non-hydrogen) atoms. The summed E-state index contributed by atoms with van der Waals surface area (Å²) in [6, 6.07) is 3.72. The van der Waals surface area contributed by atoms with E-state index in [4.69, 9.17) is 9.26 Å². The summed E-state index contributed by atoms with van der Waals surface area (Å²) in [6.07, 6.45) is 0.321. The van der Waals surface area contributed by atoms with Crippen molar-refractivity contribution in [3.63, 3.8) is 0 Å². The molecule has 1 atom stereocenters. The minimum absolute atomic E-state index is 0.0622. The Kier molecular flexibility index (Phi) is 4.26. The summed E-state index contributed by atoms with van der Waals surface area (Å²) in [5.41, 5.74) is 0. The van der Waals surface area contributed by atoms with Gasteiger partial charge in [-0.15, -0.1) is 11.3 Å². The van der Waals surface area contributed by atoms with E-state index in [2.05, 4.69) is 15.5 Å². The largest absolute Gasteiger partial charge is 0.447 e. The Hall–Kier alpha value is -2.62. The van der Waals surface area contributed by atoms with Crippen LogP contribution in [0, 0.1) is 0 Å². The molecule has 2 aromatic heterocycles. The van der Waals surface area contributed by atoms with Gasteiger partial charge in [-0.05, 0) is 11.4 Å². The van der Waals surface area contributed by atoms with Gasteiger partial charge in [0.2, 0.25) is 5.89 Å². The monoisotopic (exact) mass is 363 g/mol. The van der Waals surface area contributed by atoms with Crippen LogP contribution in [0.15, 0.2) is 22.0 Å². The van der Waals surface area contributed by atoms with Crippen molar-refractivity contribution in [2.75, 3.05) is 26.2 Å². The van der Waals surface area contributed by atoms with E-state index in [1.165, 1.54) is 0 Å². The molecule has 132 valence electrons. The molecule has 0 saturated carbocycles. The number of hydrogen-bond donors (Lipinski definition) is 1. The molecule has 2 fully saturated rings. The number of carbonyl (C=O) groups is 2. The first kappa shape index (κ1) is 15.9. The second-order valence-electron chi connectivity index (χ2n) is 5.89. The van der Waals surface area contributed by atoms with Crippen molar-refractivity contribution in [1.29, 1.82) is 0 Å². The Morgan fingerprint density at radius 1 is 1.44 bits per heavy atom. The molecule has 9 nitrogen and oxygen atoms in total. The smallest absolute Gasteiger partial charge is 0.410 e. The Balaban J connectivity index is 1.27. The van der Waals surface area contributed by atoms with E-state index in [0.717, 1.165) is 4.88 Å². The molecule has 1 N–H and O–H groups in total. The number of thiophene rings is 1. The predicted octanol–water partition coefficient (Wildman–Crippen LogP) is 1.07. The first-order valence-electron chi connectivity index (χ1n) is 7.99. The normalized spacial score (nSPS) is 19.7. The van der Waals surface area contributed by atoms with Crippen LogP contribution in [0.1, 0.15) is 16.6 Å². The van der Waals surface area contributed by atoms with Crippen LogP contribution in [0.5, 0.6) is 0 Å². The SMILES string of the molecule is O=C(NCc1nc(Cc2cccs2)no1)N1CCN2C(=O)OC[C@@H]2C1. The molecular formula is C15H17N5O4S. The number of amides is 3. The minimum Gasteiger partial charge on any atom is -0.447 e. The third-order valence-corrected chi connectivity index (χ3v) is 5.09. The highest BCUT2D eigenvalue weighted by atomic mass is 32.1. The van der Waals surface area contributed by atoms with Crippen molar-refractivity contribution in [1.82, 2.24) is 25.3 Å². The average Bonchev–Trinajstić information content (AvgIpc) is 3.36. The van der Waals surface area contributed by atoms with Crippen molar-refractivity contribution in [2.45, 2.75) is 19.0 Å². The van der Waals surface area contributed by atoms with Crippen LogP contribution >= 0.6 is 11.3 Å². The second-order valence-corrected chi connectivity index (χ2v) is 6.92. The van der Waals surface area contributed by atoms with E-state index < -0.39 is 0 Å². The lowest BCUT2D eigenvalue weighted by atomic mass is 10.2. The molecule has 0 bridgehead atoms. The summed E-state index contributed by atoms with van der Waals surface area (Å²) in [5.74, 6) is 0.972. The fraction of sp³-hybridized carbons (Fsp3) is 0.467. The maximum absolute atomic E-state index is 12.3. The average molecular weight is 363 g/mol. The topological polar surface area (TPSA) is 101 Å². The van der Waals surface area contributed by atoms with Crippen molar-refractivity contribution in [3.05, 3.63) is 34.1 Å². The van der Waals surface area contributed by atoms with Gasteiger partial charge in [-0.2, -0.15) is 4.98 Å². The third kappa shape index (κ3) is 3.43. The lowest BCUT2D eigenvalue weighted by Crippen LogP contribution is -2.55. The van der Waals surface area contributed by atoms with Gasteiger partial charge in [0, 0.05) is 30.9 Å². The first-order valence-corrected chi connectivity index (χ1v) is 8.87. The van der Waals surface area contributed by atoms with Crippen molar-refractivity contribution >= 4 is 23.5 Å². The molecule has 0 aromatic carbocycles. The summed E-state index contributed by atoms with van der Waals surface area (Å²) in [6.45, 7) is 1.94. The Morgan fingerprint density at radius 3 is 3.20 bits per heavy atom. The van der Waals surface area contributed by atoms with E-state index in [1.54, 1.807) is 21.1 Å².